The van der Waals surface area contributed by atoms with E-state index in [1.807, 2.05) is 19.9 Å². The lowest BCUT2D eigenvalue weighted by molar-refractivity contribution is -0.160. The lowest BCUT2D eigenvalue weighted by Crippen LogP contribution is -2.50. The Morgan fingerprint density at radius 1 is 0.489 bits per heavy atom. The Morgan fingerprint density at radius 2 is 0.912 bits per heavy atom. The molecule has 3 aromatic carbocycles. The molecule has 10 rings (SSSR count). The Morgan fingerprint density at radius 3 is 1.37 bits per heavy atom. The number of aryl methyl sites for hydroxylation is 4. The molecule has 4 amide bonds. The number of phosphoric acid groups is 2. The van der Waals surface area contributed by atoms with Crippen LogP contribution in [0.2, 0.25) is 0 Å². The summed E-state index contributed by atoms with van der Waals surface area (Å²) in [7, 11) is -6.75. The fraction of sp³-hybridized carbons (Fsp3) is 0.606. The van der Waals surface area contributed by atoms with E-state index >= 15 is 9.13 Å². The van der Waals surface area contributed by atoms with Crippen molar-refractivity contribution in [2.75, 3.05) is 151 Å². The summed E-state index contributed by atoms with van der Waals surface area (Å²) in [5, 5.41) is 16.4. The Kier molecular flexibility index (Phi) is 44.4. The van der Waals surface area contributed by atoms with Gasteiger partial charge in [0, 0.05) is 106 Å². The number of nitrogens with zero attached hydrogens (tertiary/aromatic N) is 9. The maximum atomic E-state index is 16.2. The minimum atomic E-state index is -5.49. The Bertz CT molecular complexity index is 5340. The molecule has 0 saturated carbocycles. The summed E-state index contributed by atoms with van der Waals surface area (Å²) < 4.78 is 139. The maximum Gasteiger partial charge on any atom is 0.475 e. The number of esters is 1. The molecule has 14 atom stereocenters. The van der Waals surface area contributed by atoms with E-state index in [0.29, 0.717) is 17.9 Å². The van der Waals surface area contributed by atoms with Crippen LogP contribution < -0.4 is 38.0 Å². The largest absolute Gasteiger partial charge is 0.493 e. The molecular formula is C94H130N12O29P2. The number of carbonyl (C=O) groups excluding carboxylic acids is 5. The van der Waals surface area contributed by atoms with Crippen LogP contribution in [-0.2, 0) is 93.2 Å². The smallest absolute Gasteiger partial charge is 0.475 e. The van der Waals surface area contributed by atoms with Crippen molar-refractivity contribution in [2.24, 2.45) is 0 Å². The molecule has 137 heavy (non-hydrogen) atoms. The molecule has 4 fully saturated rings. The zero-order valence-corrected chi connectivity index (χ0v) is 81.1. The Hall–Kier alpha value is -9.95. The van der Waals surface area contributed by atoms with Crippen LogP contribution in [0.3, 0.4) is 0 Å². The molecule has 0 radical (unpaired) electrons. The summed E-state index contributed by atoms with van der Waals surface area (Å²) in [6, 6.07) is 19.8. The second-order valence-corrected chi connectivity index (χ2v) is 36.9. The number of aliphatic hydroxyl groups is 1. The van der Waals surface area contributed by atoms with Crippen LogP contribution >= 0.6 is 15.6 Å². The standard InChI is InChI=1S/C94H130N12O29P2/c1-12-13-14-15-16-17-18-19-20-21-22-23-24-25-26-33-46-122-71-56-70(55-63(2)67(71)6)88(113)103-44-42-102(43-45-103)75(108)38-39-76(109)133-77-73(131-89(80(77)123-52-49-119-9)106-59-66(5)85(110)101-94(106)116)61-128-137(118,127-48-41-96-8)135-79-74(132-91(82(79)125-54-51-121-11)105-58-65(4)84(100-93(105)115)98-87(112)69-36-31-28-32-37-69)62-129-136(117,126-47-40-95-7)134-78-72(60-107)130-90(81(78)124-53-50-120-10)104-57-64(3)83(99-92(104)114)97-86(111)68-34-29-27-30-35-68/h27-32,34-37,55-59,72-74,77-82,89-91,107H,12-26,33,38-54,60-62H2,1-6,9-11H3,(H,101,110,116)(H,97,99,111,114)(H,98,100,112,115)/t72-,73-,74-,77+,78+,79+,80?,81?,82?,89-,90-,91-,136?,137?/m1/s1. The number of benzene rings is 3. The molecule has 4 N–H and O–H groups in total. The fourth-order valence-corrected chi connectivity index (χ4v) is 18.8. The lowest BCUT2D eigenvalue weighted by Gasteiger charge is -2.35. The number of nitrogens with one attached hydrogen (secondary N) is 3. The van der Waals surface area contributed by atoms with Gasteiger partial charge in [-0.3, -0.25) is 74.6 Å². The topological polar surface area (TPSA) is 461 Å². The highest BCUT2D eigenvalue weighted by molar-refractivity contribution is 7.48. The fourth-order valence-electron chi connectivity index (χ4n) is 16.1. The van der Waals surface area contributed by atoms with Gasteiger partial charge in [0.25, 0.3) is 23.3 Å². The summed E-state index contributed by atoms with van der Waals surface area (Å²) >= 11 is 0. The summed E-state index contributed by atoms with van der Waals surface area (Å²) in [5.74, 6) is -2.57. The summed E-state index contributed by atoms with van der Waals surface area (Å²) in [5.41, 5.74) is -0.674. The predicted molar refractivity (Wildman–Crippen MR) is 499 cm³/mol. The summed E-state index contributed by atoms with van der Waals surface area (Å²) in [4.78, 5) is 146. The number of amides is 4. The molecule has 43 heteroatoms. The third-order valence-electron chi connectivity index (χ3n) is 23.7. The molecular weight excluding hydrogens is 1820 g/mol. The Balaban J connectivity index is 0.895. The van der Waals surface area contributed by atoms with E-state index < -0.39 is 195 Å². The first-order chi connectivity index (χ1) is 66.2. The van der Waals surface area contributed by atoms with Crippen molar-refractivity contribution in [3.05, 3.63) is 201 Å². The van der Waals surface area contributed by atoms with Crippen molar-refractivity contribution >= 4 is 56.9 Å². The van der Waals surface area contributed by atoms with E-state index in [-0.39, 0.29) is 111 Å². The number of phosphoric ester groups is 2. The number of unbranched alkanes of at least 4 members (excludes halogenated alkanes) is 15. The van der Waals surface area contributed by atoms with Gasteiger partial charge in [-0.15, -0.1) is 0 Å². The lowest BCUT2D eigenvalue weighted by atomic mass is 10.0. The quantitative estimate of drug-likeness (QED) is 0.0119. The van der Waals surface area contributed by atoms with Gasteiger partial charge in [0.15, 0.2) is 24.8 Å². The van der Waals surface area contributed by atoms with Crippen LogP contribution in [0, 0.1) is 47.8 Å². The highest BCUT2D eigenvalue weighted by atomic mass is 31.2. The number of methoxy groups -OCH3 is 3. The minimum absolute atomic E-state index is 0.0190. The van der Waals surface area contributed by atoms with Crippen molar-refractivity contribution in [1.82, 2.24) is 38.5 Å². The second-order valence-electron chi connectivity index (χ2n) is 33.7. The van der Waals surface area contributed by atoms with Crippen molar-refractivity contribution in [3.63, 3.8) is 0 Å². The van der Waals surface area contributed by atoms with Gasteiger partial charge < -0.3 is 87.3 Å². The third-order valence-corrected chi connectivity index (χ3v) is 26.6. The molecule has 7 heterocycles. The highest BCUT2D eigenvalue weighted by Gasteiger charge is 2.57. The molecule has 750 valence electrons. The van der Waals surface area contributed by atoms with Gasteiger partial charge in [-0.05, 0) is 88.6 Å². The van der Waals surface area contributed by atoms with Crippen LogP contribution in [0.5, 0.6) is 5.75 Å². The number of ether oxygens (including phenoxy) is 11. The van der Waals surface area contributed by atoms with Gasteiger partial charge in [-0.1, -0.05) is 140 Å². The average molecular weight is 1950 g/mol. The van der Waals surface area contributed by atoms with Crippen LogP contribution in [0.1, 0.15) is 200 Å². The van der Waals surface area contributed by atoms with Gasteiger partial charge in [-0.25, -0.2) is 36.7 Å². The van der Waals surface area contributed by atoms with Gasteiger partial charge in [0.2, 0.25) is 19.0 Å². The van der Waals surface area contributed by atoms with Crippen LogP contribution in [0.15, 0.2) is 111 Å². The second kappa shape index (κ2) is 55.7. The van der Waals surface area contributed by atoms with Gasteiger partial charge in [0.1, 0.15) is 79.4 Å². The number of anilines is 2. The number of piperazine rings is 1. The normalized spacial score (nSPS) is 21.2. The van der Waals surface area contributed by atoms with Gasteiger partial charge in [0.05, 0.1) is 72.5 Å². The molecule has 3 aromatic heterocycles. The first-order valence-corrected chi connectivity index (χ1v) is 49.6. The number of rotatable bonds is 59. The SMILES string of the molecule is [C-]#[N+]CCOP(=O)(OC[C@H]1O[C@@H](n2cc(C)c(NC(=O)c3ccccc3)nc2=O)C(OCCOC)[C@H]1OP(=O)(OCC[N+]#[C-])OC[C@H]1O[C@@H](n2cc(C)c(=O)[nH]c2=O)C(OCCOC)[C@H]1OC(=O)CCC(=O)N1CCN(C(=O)c2cc(C)c(C)c(OCCCCCCCCCCCCCCCCCC)c2)CC1)O[C@@H]1C(OCCOC)[C@H](n2cc(C)c(NC(=O)c3ccccc3)nc2=O)O[C@@H]1CO. The predicted octanol–water partition coefficient (Wildman–Crippen LogP) is 11.1. The first-order valence-electron chi connectivity index (χ1n) is 46.6. The van der Waals surface area contributed by atoms with E-state index in [0.717, 1.165) is 44.1 Å². The molecule has 0 spiro atoms. The van der Waals surface area contributed by atoms with E-state index in [2.05, 4.69) is 42.2 Å². The van der Waals surface area contributed by atoms with Gasteiger partial charge >= 0.3 is 38.7 Å². The van der Waals surface area contributed by atoms with Crippen LogP contribution in [0.25, 0.3) is 9.69 Å². The summed E-state index contributed by atoms with van der Waals surface area (Å²) in [6.45, 7) is 20.6. The monoisotopic (exact) mass is 1950 g/mol. The van der Waals surface area contributed by atoms with E-state index in [4.69, 9.17) is 92.4 Å². The van der Waals surface area contributed by atoms with Crippen LogP contribution in [0.4, 0.5) is 11.6 Å². The molecule has 0 aliphatic carbocycles. The molecule has 5 unspecified atom stereocenters. The molecule has 4 saturated heterocycles. The molecule has 6 aromatic rings. The number of hydrogen-bond acceptors (Lipinski definition) is 31. The number of H-pyrrole nitrogens is 1. The van der Waals surface area contributed by atoms with Crippen molar-refractivity contribution < 1.29 is 117 Å². The van der Waals surface area contributed by atoms with Crippen molar-refractivity contribution in [1.29, 1.82) is 0 Å². The first kappa shape index (κ1) is 109. The van der Waals surface area contributed by atoms with Crippen molar-refractivity contribution in [2.45, 2.75) is 231 Å². The third kappa shape index (κ3) is 31.8. The van der Waals surface area contributed by atoms with E-state index in [1.54, 1.807) is 66.4 Å². The van der Waals surface area contributed by atoms with E-state index in [9.17, 15) is 48.3 Å². The number of aromatic nitrogens is 6. The molecule has 4 aliphatic rings. The van der Waals surface area contributed by atoms with Gasteiger partial charge in [-0.2, -0.15) is 9.97 Å². The maximum absolute atomic E-state index is 16.2. The van der Waals surface area contributed by atoms with Crippen molar-refractivity contribution in [3.8, 4) is 5.75 Å². The number of aliphatic hydroxyl groups excluding tert-OH is 1. The number of carbonyl (C=O) groups is 5. The minimum Gasteiger partial charge on any atom is -0.493 e. The van der Waals surface area contributed by atoms with E-state index in [1.165, 1.54) is 154 Å². The molecule has 0 bridgehead atoms. The Labute approximate surface area is 796 Å². The average Bonchev–Trinajstić information content (AvgIpc) is 1.60. The molecule has 41 nitrogen and oxygen atoms in total. The van der Waals surface area contributed by atoms with Crippen LogP contribution in [-0.4, -0.2) is 268 Å². The number of aromatic amines is 1. The summed E-state index contributed by atoms with van der Waals surface area (Å²) in [6.07, 6.45) is 2.54. The zero-order chi connectivity index (χ0) is 98.4. The number of hydrogen-bond donors (Lipinski definition) is 4. The molecule has 4 aliphatic heterocycles. The highest BCUT2D eigenvalue weighted by Crippen LogP contribution is 2.57. The zero-order valence-electron chi connectivity index (χ0n) is 79.3.